The Labute approximate surface area is 125 Å². The largest absolute Gasteiger partial charge is 0.462 e. The Hall–Kier alpha value is -1.11. The van der Waals surface area contributed by atoms with Gasteiger partial charge in [0.2, 0.25) is 0 Å². The second-order valence-corrected chi connectivity index (χ2v) is 5.87. The highest BCUT2D eigenvalue weighted by atomic mass is 35.5. The lowest BCUT2D eigenvalue weighted by Gasteiger charge is -2.27. The molecule has 1 aliphatic rings. The SMILES string of the molecule is CCOC(=O)c1cc2nc(CCl)n(CC3CCO3)c2s1. The molecule has 3 rings (SSSR count). The molecule has 2 aromatic rings. The van der Waals surface area contributed by atoms with Gasteiger partial charge in [0.05, 0.1) is 25.1 Å². The molecule has 0 spiro atoms. The van der Waals surface area contributed by atoms with E-state index in [0.29, 0.717) is 17.4 Å². The predicted octanol–water partition coefficient (Wildman–Crippen LogP) is 2.80. The molecule has 0 saturated carbocycles. The molecule has 1 fully saturated rings. The van der Waals surface area contributed by atoms with Crippen LogP contribution >= 0.6 is 22.9 Å². The van der Waals surface area contributed by atoms with E-state index in [-0.39, 0.29) is 12.1 Å². The Bertz CT molecular complexity index is 633. The van der Waals surface area contributed by atoms with Gasteiger partial charge in [-0.2, -0.15) is 0 Å². The number of rotatable bonds is 5. The molecule has 0 bridgehead atoms. The molecule has 1 saturated heterocycles. The standard InChI is InChI=1S/C13H15ClN2O3S/c1-2-18-13(17)10-5-9-12(20-10)16(11(6-14)15-9)7-8-3-4-19-8/h5,8H,2-4,6-7H2,1H3. The number of carbonyl (C=O) groups is 1. The molecule has 20 heavy (non-hydrogen) atoms. The summed E-state index contributed by atoms with van der Waals surface area (Å²) in [6.45, 7) is 3.72. The third-order valence-electron chi connectivity index (χ3n) is 3.28. The van der Waals surface area contributed by atoms with E-state index in [1.165, 1.54) is 11.3 Å². The molecule has 0 aliphatic carbocycles. The molecule has 0 N–H and O–H groups in total. The molecular weight excluding hydrogens is 300 g/mol. The van der Waals surface area contributed by atoms with Crippen molar-refractivity contribution in [3.05, 3.63) is 16.8 Å². The van der Waals surface area contributed by atoms with Crippen LogP contribution in [0.4, 0.5) is 0 Å². The monoisotopic (exact) mass is 314 g/mol. The lowest BCUT2D eigenvalue weighted by molar-refractivity contribution is -0.0588. The van der Waals surface area contributed by atoms with Gasteiger partial charge in [-0.3, -0.25) is 0 Å². The molecule has 0 amide bonds. The quantitative estimate of drug-likeness (QED) is 0.629. The molecule has 0 aromatic carbocycles. The van der Waals surface area contributed by atoms with Gasteiger partial charge < -0.3 is 14.0 Å². The van der Waals surface area contributed by atoms with Gasteiger partial charge in [0.15, 0.2) is 0 Å². The van der Waals surface area contributed by atoms with Gasteiger partial charge in [-0.25, -0.2) is 9.78 Å². The normalized spacial score (nSPS) is 18.2. The van der Waals surface area contributed by atoms with E-state index in [4.69, 9.17) is 21.1 Å². The molecule has 1 aliphatic heterocycles. The van der Waals surface area contributed by atoms with Crippen molar-refractivity contribution >= 4 is 39.3 Å². The van der Waals surface area contributed by atoms with Crippen molar-refractivity contribution in [2.45, 2.75) is 31.9 Å². The van der Waals surface area contributed by atoms with Crippen molar-refractivity contribution < 1.29 is 14.3 Å². The molecule has 7 heteroatoms. The molecule has 0 radical (unpaired) electrons. The number of imidazole rings is 1. The zero-order valence-electron chi connectivity index (χ0n) is 11.1. The van der Waals surface area contributed by atoms with Crippen LogP contribution in [0.2, 0.25) is 0 Å². The number of fused-ring (bicyclic) bond motifs is 1. The van der Waals surface area contributed by atoms with Crippen LogP contribution in [0.1, 0.15) is 28.8 Å². The van der Waals surface area contributed by atoms with Crippen molar-refractivity contribution in [1.29, 1.82) is 0 Å². The van der Waals surface area contributed by atoms with Gasteiger partial charge >= 0.3 is 5.97 Å². The van der Waals surface area contributed by atoms with Gasteiger partial charge in [0, 0.05) is 6.61 Å². The molecule has 1 unspecified atom stereocenters. The number of hydrogen-bond acceptors (Lipinski definition) is 5. The number of hydrogen-bond donors (Lipinski definition) is 0. The number of ether oxygens (including phenoxy) is 2. The smallest absolute Gasteiger partial charge is 0.348 e. The molecule has 108 valence electrons. The zero-order chi connectivity index (χ0) is 14.1. The first-order chi connectivity index (χ1) is 9.72. The number of thiophene rings is 1. The summed E-state index contributed by atoms with van der Waals surface area (Å²) < 4.78 is 12.5. The Kier molecular flexibility index (Phi) is 3.96. The molecular formula is C13H15ClN2O3S. The maximum absolute atomic E-state index is 11.8. The van der Waals surface area contributed by atoms with E-state index >= 15 is 0 Å². The highest BCUT2D eigenvalue weighted by Crippen LogP contribution is 2.29. The fourth-order valence-corrected chi connectivity index (χ4v) is 3.41. The van der Waals surface area contributed by atoms with E-state index in [1.54, 1.807) is 13.0 Å². The van der Waals surface area contributed by atoms with Crippen LogP contribution in [0.3, 0.4) is 0 Å². The summed E-state index contributed by atoms with van der Waals surface area (Å²) in [5.41, 5.74) is 0.799. The maximum atomic E-state index is 11.8. The predicted molar refractivity (Wildman–Crippen MR) is 77.5 cm³/mol. The summed E-state index contributed by atoms with van der Waals surface area (Å²) in [6.07, 6.45) is 1.28. The van der Waals surface area contributed by atoms with Crippen molar-refractivity contribution in [2.75, 3.05) is 13.2 Å². The zero-order valence-corrected chi connectivity index (χ0v) is 12.7. The number of esters is 1. The molecule has 1 atom stereocenters. The summed E-state index contributed by atoms with van der Waals surface area (Å²) in [4.78, 5) is 17.8. The van der Waals surface area contributed by atoms with Crippen LogP contribution in [-0.4, -0.2) is 34.8 Å². The van der Waals surface area contributed by atoms with Crippen LogP contribution in [0.15, 0.2) is 6.07 Å². The van der Waals surface area contributed by atoms with E-state index in [1.807, 2.05) is 0 Å². The van der Waals surface area contributed by atoms with Crippen molar-refractivity contribution in [2.24, 2.45) is 0 Å². The fraction of sp³-hybridized carbons (Fsp3) is 0.538. The van der Waals surface area contributed by atoms with Gasteiger partial charge in [-0.1, -0.05) is 0 Å². The summed E-state index contributed by atoms with van der Waals surface area (Å²) >= 11 is 7.34. The van der Waals surface area contributed by atoms with Crippen LogP contribution in [0, 0.1) is 0 Å². The lowest BCUT2D eigenvalue weighted by atomic mass is 10.2. The number of nitrogens with zero attached hydrogens (tertiary/aromatic N) is 2. The maximum Gasteiger partial charge on any atom is 0.348 e. The van der Waals surface area contributed by atoms with Crippen LogP contribution < -0.4 is 0 Å². The Morgan fingerprint density at radius 2 is 2.50 bits per heavy atom. The Balaban J connectivity index is 1.94. The number of aromatic nitrogens is 2. The second kappa shape index (κ2) is 5.71. The lowest BCUT2D eigenvalue weighted by Crippen LogP contribution is -2.31. The Morgan fingerprint density at radius 1 is 1.70 bits per heavy atom. The average Bonchev–Trinajstić information content (AvgIpc) is 2.91. The third-order valence-corrected chi connectivity index (χ3v) is 4.64. The highest BCUT2D eigenvalue weighted by molar-refractivity contribution is 7.20. The summed E-state index contributed by atoms with van der Waals surface area (Å²) in [7, 11) is 0. The van der Waals surface area contributed by atoms with Crippen LogP contribution in [0.25, 0.3) is 10.3 Å². The average molecular weight is 315 g/mol. The topological polar surface area (TPSA) is 53.3 Å². The minimum atomic E-state index is -0.297. The van der Waals surface area contributed by atoms with E-state index < -0.39 is 0 Å². The van der Waals surface area contributed by atoms with Gasteiger partial charge in [0.1, 0.15) is 21.0 Å². The van der Waals surface area contributed by atoms with E-state index in [0.717, 1.165) is 35.7 Å². The van der Waals surface area contributed by atoms with E-state index in [9.17, 15) is 4.79 Å². The minimum Gasteiger partial charge on any atom is -0.462 e. The first-order valence-electron chi connectivity index (χ1n) is 6.56. The van der Waals surface area contributed by atoms with Gasteiger partial charge in [-0.05, 0) is 19.4 Å². The summed E-state index contributed by atoms with van der Waals surface area (Å²) in [6, 6.07) is 1.77. The molecule has 5 nitrogen and oxygen atoms in total. The summed E-state index contributed by atoms with van der Waals surface area (Å²) in [5, 5.41) is 0. The third kappa shape index (κ3) is 2.43. The van der Waals surface area contributed by atoms with Crippen molar-refractivity contribution in [1.82, 2.24) is 9.55 Å². The number of halogens is 1. The minimum absolute atomic E-state index is 0.225. The van der Waals surface area contributed by atoms with Gasteiger partial charge in [0.25, 0.3) is 0 Å². The molecule has 3 heterocycles. The second-order valence-electron chi connectivity index (χ2n) is 4.58. The first-order valence-corrected chi connectivity index (χ1v) is 7.91. The van der Waals surface area contributed by atoms with Crippen LogP contribution in [0.5, 0.6) is 0 Å². The fourth-order valence-electron chi connectivity index (χ4n) is 2.19. The van der Waals surface area contributed by atoms with Crippen molar-refractivity contribution in [3.8, 4) is 0 Å². The van der Waals surface area contributed by atoms with E-state index in [2.05, 4.69) is 9.55 Å². The van der Waals surface area contributed by atoms with Crippen molar-refractivity contribution in [3.63, 3.8) is 0 Å². The summed E-state index contributed by atoms with van der Waals surface area (Å²) in [5.74, 6) is 0.872. The van der Waals surface area contributed by atoms with Gasteiger partial charge in [-0.15, -0.1) is 22.9 Å². The highest BCUT2D eigenvalue weighted by Gasteiger charge is 2.23. The van der Waals surface area contributed by atoms with Crippen LogP contribution in [-0.2, 0) is 21.9 Å². The molecule has 2 aromatic heterocycles. The first kappa shape index (κ1) is 13.9. The number of carbonyl (C=O) groups excluding carboxylic acids is 1. The Morgan fingerprint density at radius 3 is 3.10 bits per heavy atom. The number of alkyl halides is 1.